The molecule has 0 unspecified atom stereocenters. The molecule has 6 amide bonds. The van der Waals surface area contributed by atoms with Crippen LogP contribution in [0, 0.1) is 11.8 Å². The number of H-pyrrole nitrogens is 1. The van der Waals surface area contributed by atoms with E-state index in [4.69, 9.17) is 45.0 Å². The first-order valence-electron chi connectivity index (χ1n) is 27.6. The third-order valence-electron chi connectivity index (χ3n) is 14.2. The number of nitrogens with two attached hydrogens (primary N) is 5. The van der Waals surface area contributed by atoms with Crippen LogP contribution in [-0.4, -0.2) is 119 Å². The lowest BCUT2D eigenvalue weighted by Gasteiger charge is -2.30. The monoisotopic (exact) mass is 1150 g/mol. The van der Waals surface area contributed by atoms with Gasteiger partial charge in [0.25, 0.3) is 0 Å². The summed E-state index contributed by atoms with van der Waals surface area (Å²) in [6.45, 7) is 2.97. The fourth-order valence-corrected chi connectivity index (χ4v) is 9.93. The second kappa shape index (κ2) is 32.9. The number of halogens is 1. The van der Waals surface area contributed by atoms with Crippen molar-refractivity contribution >= 4 is 87.2 Å². The predicted molar refractivity (Wildman–Crippen MR) is 311 cm³/mol. The van der Waals surface area contributed by atoms with E-state index in [0.29, 0.717) is 5.56 Å². The van der Waals surface area contributed by atoms with Crippen molar-refractivity contribution in [2.45, 2.75) is 147 Å². The van der Waals surface area contributed by atoms with Crippen LogP contribution in [0.5, 0.6) is 0 Å². The largest absolute Gasteiger partial charge is 0.371 e. The van der Waals surface area contributed by atoms with E-state index < -0.39 is 102 Å². The van der Waals surface area contributed by atoms with Gasteiger partial charge in [-0.2, -0.15) is 0 Å². The smallest absolute Gasteiger partial charge is 0.245 e. The number of rotatable bonds is 20. The highest BCUT2D eigenvalue weighted by Crippen LogP contribution is 2.27. The van der Waals surface area contributed by atoms with Crippen LogP contribution in [0.1, 0.15) is 108 Å². The van der Waals surface area contributed by atoms with Gasteiger partial charge in [-0.15, -0.1) is 0 Å². The number of nitrogens with zero attached hydrogens (tertiary/aromatic N) is 2. The van der Waals surface area contributed by atoms with Crippen molar-refractivity contribution in [3.05, 3.63) is 107 Å². The second-order valence-electron chi connectivity index (χ2n) is 20.6. The van der Waals surface area contributed by atoms with E-state index in [-0.39, 0.29) is 126 Å². The van der Waals surface area contributed by atoms with Gasteiger partial charge in [0.15, 0.2) is 17.7 Å². The average molecular weight is 1150 g/mol. The Morgan fingerprint density at radius 2 is 1.39 bits per heavy atom. The summed E-state index contributed by atoms with van der Waals surface area (Å²) in [7, 11) is 0. The Kier molecular flexibility index (Phi) is 25.9. The molecule has 1 aromatic heterocycles. The third kappa shape index (κ3) is 21.4. The van der Waals surface area contributed by atoms with Crippen molar-refractivity contribution in [1.82, 2.24) is 31.6 Å². The van der Waals surface area contributed by atoms with Crippen molar-refractivity contribution in [3.8, 4) is 0 Å². The van der Waals surface area contributed by atoms with Crippen molar-refractivity contribution in [2.24, 2.45) is 50.5 Å². The zero-order valence-corrected chi connectivity index (χ0v) is 47.2. The normalized spacial score (nSPS) is 21.0. The van der Waals surface area contributed by atoms with Crippen LogP contribution >= 0.6 is 11.6 Å². The molecule has 1 aliphatic rings. The number of ether oxygens (including phenoxy) is 1. The summed E-state index contributed by atoms with van der Waals surface area (Å²) in [5.74, 6) is -8.47. The van der Waals surface area contributed by atoms with Crippen molar-refractivity contribution in [2.75, 3.05) is 13.1 Å². The number of aromatic nitrogens is 1. The van der Waals surface area contributed by atoms with E-state index in [1.165, 1.54) is 6.92 Å². The number of guanidine groups is 2. The van der Waals surface area contributed by atoms with Crippen LogP contribution in [0.2, 0.25) is 5.02 Å². The first kappa shape index (κ1) is 64.6. The van der Waals surface area contributed by atoms with Gasteiger partial charge in [0.05, 0.1) is 18.8 Å². The number of fused-ring (bicyclic) bond motifs is 1. The minimum atomic E-state index is -1.57. The summed E-state index contributed by atoms with van der Waals surface area (Å²) in [6.07, 6.45) is 0.274. The summed E-state index contributed by atoms with van der Waals surface area (Å²) >= 11 is 6.69. The van der Waals surface area contributed by atoms with Gasteiger partial charge in [-0.25, -0.2) is 0 Å². The number of nitrogens with one attached hydrogen (secondary N) is 6. The highest BCUT2D eigenvalue weighted by atomic mass is 35.5. The lowest BCUT2D eigenvalue weighted by Crippen LogP contribution is -2.60. The van der Waals surface area contributed by atoms with Gasteiger partial charge >= 0.3 is 0 Å². The quantitative estimate of drug-likeness (QED) is 0.0344. The predicted octanol–water partition coefficient (Wildman–Crippen LogP) is 2.32. The molecular weight excluding hydrogens is 1070 g/mol. The van der Waals surface area contributed by atoms with Crippen LogP contribution in [0.3, 0.4) is 0 Å². The minimum absolute atomic E-state index is 0.0142. The minimum Gasteiger partial charge on any atom is -0.371 e. The summed E-state index contributed by atoms with van der Waals surface area (Å²) in [5, 5.41) is 14.7. The summed E-state index contributed by atoms with van der Waals surface area (Å²) < 4.78 is 6.24. The van der Waals surface area contributed by atoms with Gasteiger partial charge in [0.1, 0.15) is 35.7 Å². The fraction of sp³-hybridized carbons (Fsp3) is 0.466. The van der Waals surface area contributed by atoms with Crippen LogP contribution in [0.15, 0.2) is 95.0 Å². The molecule has 0 spiro atoms. The lowest BCUT2D eigenvalue weighted by molar-refractivity contribution is -0.138. The topological polar surface area (TPSA) is 394 Å². The Balaban J connectivity index is 1.59. The molecule has 24 heteroatoms. The summed E-state index contributed by atoms with van der Waals surface area (Å²) in [6, 6.07) is 16.3. The summed E-state index contributed by atoms with van der Waals surface area (Å²) in [4.78, 5) is 139. The fourth-order valence-electron chi connectivity index (χ4n) is 9.71. The number of para-hydroxylation sites is 1. The van der Waals surface area contributed by atoms with Gasteiger partial charge in [-0.3, -0.25) is 53.1 Å². The molecule has 23 nitrogen and oxygen atoms in total. The number of amides is 6. The maximum atomic E-state index is 15.1. The standard InChI is InChI=1S/C58H78ClN13O10/c1-34(82-33-36-14-4-3-5-15-36)51-56(81)71-48(29-37-16-6-9-20-43(37)59)50(76)30-38(17-12-26-65-57(61)62)49(75)31-39(28-40-32-67-44-21-11-8-19-42(40)44)53(78)69-45(52(60)77)22-10-7-18-41(74)24-25-47(55(80)72-51)70-54(79)46(68-35(2)73)23-13-27-66-58(63)64/h3-6,8-9,11,14-16,19-21,32,34,38-39,45-48,51,67H,7,10,12-13,17-18,22-31,33H2,1-2H3,(H2,60,77)(H,68,73)(H,69,78)(H,70,79)(H,71,81)(H,72,80)(H4,61,62,65)(H4,63,64,66)/t34-,38-,39-,45+,46+,47+,48-,51+/m1/s1. The molecule has 1 saturated heterocycles. The molecule has 82 heavy (non-hydrogen) atoms. The number of Topliss-reactive ketones (excluding diaryl/α,β-unsaturated/α-hetero) is 3. The number of carbonyl (C=O) groups excluding carboxylic acids is 9. The van der Waals surface area contributed by atoms with E-state index in [2.05, 4.69) is 41.6 Å². The number of primary amides is 1. The number of benzene rings is 3. The zero-order valence-electron chi connectivity index (χ0n) is 46.5. The van der Waals surface area contributed by atoms with Gasteiger partial charge in [-0.05, 0) is 87.1 Å². The van der Waals surface area contributed by atoms with Gasteiger partial charge < -0.3 is 65.0 Å². The van der Waals surface area contributed by atoms with Crippen LogP contribution in [-0.2, 0) is 67.3 Å². The first-order valence-corrected chi connectivity index (χ1v) is 28.0. The Morgan fingerprint density at radius 3 is 2.09 bits per heavy atom. The zero-order chi connectivity index (χ0) is 59.7. The molecular formula is C58H78ClN13O10. The second-order valence-corrected chi connectivity index (χ2v) is 21.0. The number of hydrogen-bond donors (Lipinski definition) is 11. The Hall–Kier alpha value is -8.18. The number of carbonyl (C=O) groups is 9. The maximum absolute atomic E-state index is 15.1. The molecule has 0 bridgehead atoms. The molecule has 0 saturated carbocycles. The number of hydrogen-bond acceptors (Lipinski definition) is 12. The number of aromatic amines is 1. The van der Waals surface area contributed by atoms with E-state index in [9.17, 15) is 33.6 Å². The maximum Gasteiger partial charge on any atom is 0.245 e. The molecule has 8 atom stereocenters. The molecule has 1 fully saturated rings. The molecule has 16 N–H and O–H groups in total. The van der Waals surface area contributed by atoms with Gasteiger partial charge in [-0.1, -0.05) is 84.8 Å². The highest BCUT2D eigenvalue weighted by Gasteiger charge is 2.37. The van der Waals surface area contributed by atoms with Gasteiger partial charge in [0.2, 0.25) is 35.4 Å². The molecule has 0 radical (unpaired) electrons. The van der Waals surface area contributed by atoms with Crippen LogP contribution in [0.4, 0.5) is 0 Å². The van der Waals surface area contributed by atoms with E-state index in [1.54, 1.807) is 61.7 Å². The van der Waals surface area contributed by atoms with Gasteiger partial charge in [0, 0.05) is 86.1 Å². The van der Waals surface area contributed by atoms with E-state index in [0.717, 1.165) is 22.0 Å². The molecule has 4 aromatic rings. The Bertz CT molecular complexity index is 2910. The van der Waals surface area contributed by atoms with Crippen LogP contribution in [0.25, 0.3) is 10.9 Å². The van der Waals surface area contributed by atoms with Crippen molar-refractivity contribution < 1.29 is 47.9 Å². The first-order chi connectivity index (χ1) is 39.2. The molecule has 1 aliphatic heterocycles. The molecule has 5 rings (SSSR count). The molecule has 3 aromatic carbocycles. The summed E-state index contributed by atoms with van der Waals surface area (Å²) in [5.41, 5.74) is 30.8. The average Bonchev–Trinajstić information content (AvgIpc) is 3.86. The van der Waals surface area contributed by atoms with Crippen molar-refractivity contribution in [3.63, 3.8) is 0 Å². The van der Waals surface area contributed by atoms with Crippen LogP contribution < -0.4 is 55.3 Å². The van der Waals surface area contributed by atoms with E-state index >= 15 is 9.59 Å². The highest BCUT2D eigenvalue weighted by molar-refractivity contribution is 6.31. The Labute approximate surface area is 481 Å². The SMILES string of the molecule is CC(=O)N[C@@H](CCCN=C(N)N)C(=O)N[C@H]1CCC(=O)CCCC[C@@H](C(N)=O)NC(=O)[C@H](Cc2c[nH]c3ccccc23)CC(=O)[C@H](CCCN=C(N)N)CC(=O)[C@@H](Cc2ccccc2Cl)NC(=O)[C@H]([C@@H](C)OCc2ccccc2)NC1=O. The lowest BCUT2D eigenvalue weighted by atomic mass is 9.83. The number of aliphatic imine (C=N–C) groups is 2. The molecule has 0 aliphatic carbocycles. The Morgan fingerprint density at radius 1 is 0.720 bits per heavy atom. The van der Waals surface area contributed by atoms with E-state index in [1.807, 2.05) is 30.3 Å². The molecule has 442 valence electrons. The molecule has 2 heterocycles. The van der Waals surface area contributed by atoms with Crippen molar-refractivity contribution in [1.29, 1.82) is 0 Å². The number of ketones is 3. The third-order valence-corrected chi connectivity index (χ3v) is 14.6.